The molecular weight excluding hydrogens is 409 g/mol. The van der Waals surface area contributed by atoms with Crippen molar-refractivity contribution in [1.82, 2.24) is 4.98 Å². The van der Waals surface area contributed by atoms with Crippen LogP contribution in [0.3, 0.4) is 0 Å². The summed E-state index contributed by atoms with van der Waals surface area (Å²) in [6.07, 6.45) is 0. The molecule has 2 N–H and O–H groups in total. The molecule has 0 unspecified atom stereocenters. The third-order valence-corrected chi connectivity index (χ3v) is 5.68. The molecule has 0 radical (unpaired) electrons. The Labute approximate surface area is 179 Å². The van der Waals surface area contributed by atoms with E-state index in [4.69, 9.17) is 33.7 Å². The lowest BCUT2D eigenvalue weighted by molar-refractivity contribution is 0.0997. The summed E-state index contributed by atoms with van der Waals surface area (Å²) in [6.45, 7) is 2.52. The second kappa shape index (κ2) is 7.67. The predicted octanol–water partition coefficient (Wildman–Crippen LogP) is 4.99. The summed E-state index contributed by atoms with van der Waals surface area (Å²) in [5.41, 5.74) is 11.1. The average Bonchev–Trinajstić information content (AvgIpc) is 3.03. The quantitative estimate of drug-likeness (QED) is 0.636. The molecule has 0 saturated carbocycles. The van der Waals surface area contributed by atoms with Gasteiger partial charge in [-0.15, -0.1) is 0 Å². The molecule has 29 heavy (non-hydrogen) atoms. The van der Waals surface area contributed by atoms with Crippen molar-refractivity contribution in [2.24, 2.45) is 5.73 Å². The number of ether oxygens (including phenoxy) is 1. The monoisotopic (exact) mass is 427 g/mol. The lowest BCUT2D eigenvalue weighted by Gasteiger charge is -2.17. The highest BCUT2D eigenvalue weighted by molar-refractivity contribution is 6.36. The fraction of sp³-hybridized carbons (Fsp3) is 0.182. The first-order chi connectivity index (χ1) is 13.9. The Balaban J connectivity index is 1.89. The largest absolute Gasteiger partial charge is 0.497 e. The molecule has 0 bridgehead atoms. The normalized spacial score (nSPS) is 13.0. The number of methoxy groups -OCH3 is 1. The van der Waals surface area contributed by atoms with Gasteiger partial charge < -0.3 is 15.4 Å². The number of halogens is 2. The molecule has 0 spiro atoms. The number of nitrogens with zero attached hydrogens (tertiary/aromatic N) is 2. The molecule has 148 valence electrons. The summed E-state index contributed by atoms with van der Waals surface area (Å²) in [5.74, 6) is 0.597. The van der Waals surface area contributed by atoms with Gasteiger partial charge in [0.05, 0.1) is 24.9 Å². The van der Waals surface area contributed by atoms with Crippen molar-refractivity contribution in [1.29, 1.82) is 0 Å². The van der Waals surface area contributed by atoms with E-state index >= 15 is 0 Å². The van der Waals surface area contributed by atoms with E-state index in [0.717, 1.165) is 33.8 Å². The van der Waals surface area contributed by atoms with Crippen LogP contribution in [0.25, 0.3) is 11.1 Å². The second-order valence-corrected chi connectivity index (χ2v) is 7.63. The highest BCUT2D eigenvalue weighted by atomic mass is 35.5. The highest BCUT2D eigenvalue weighted by Gasteiger charge is 2.35. The molecule has 5 nitrogen and oxygen atoms in total. The minimum absolute atomic E-state index is 0.131. The molecule has 0 fully saturated rings. The summed E-state index contributed by atoms with van der Waals surface area (Å²) >= 11 is 12.6. The maximum Gasteiger partial charge on any atom is 0.261 e. The van der Waals surface area contributed by atoms with E-state index in [1.807, 2.05) is 37.3 Å². The van der Waals surface area contributed by atoms with E-state index in [1.165, 1.54) is 0 Å². The molecule has 7 heteroatoms. The molecule has 1 aliphatic heterocycles. The van der Waals surface area contributed by atoms with E-state index in [9.17, 15) is 4.79 Å². The maximum absolute atomic E-state index is 13.4. The standard InChI is InChI=1S/C22H19Cl2N3O2/c1-12-17(10-25)20(16-8-3-13(23)9-18(16)24)21-19(26-12)11-27(22(21)28)14-4-6-15(29-2)7-5-14/h3-9H,10-11,25H2,1-2H3. The molecule has 2 aromatic carbocycles. The van der Waals surface area contributed by atoms with Crippen molar-refractivity contribution < 1.29 is 9.53 Å². The fourth-order valence-corrected chi connectivity index (χ4v) is 4.22. The van der Waals surface area contributed by atoms with E-state index in [0.29, 0.717) is 27.8 Å². The van der Waals surface area contributed by atoms with Gasteiger partial charge in [0.25, 0.3) is 5.91 Å². The van der Waals surface area contributed by atoms with Gasteiger partial charge in [-0.2, -0.15) is 0 Å². The number of amides is 1. The molecule has 4 rings (SSSR count). The first-order valence-corrected chi connectivity index (χ1v) is 9.84. The molecule has 2 heterocycles. The Hall–Kier alpha value is -2.60. The SMILES string of the molecule is COc1ccc(N2Cc3nc(C)c(CN)c(-c4ccc(Cl)cc4Cl)c3C2=O)cc1. The van der Waals surface area contributed by atoms with Crippen molar-refractivity contribution in [3.63, 3.8) is 0 Å². The Kier molecular flexibility index (Phi) is 5.21. The Bertz CT molecular complexity index is 1110. The van der Waals surface area contributed by atoms with Crippen LogP contribution in [-0.2, 0) is 13.1 Å². The van der Waals surface area contributed by atoms with Crippen LogP contribution in [0.1, 0.15) is 27.3 Å². The fourth-order valence-electron chi connectivity index (χ4n) is 3.71. The third kappa shape index (κ3) is 3.35. The summed E-state index contributed by atoms with van der Waals surface area (Å²) in [6, 6.07) is 12.6. The lowest BCUT2D eigenvalue weighted by Crippen LogP contribution is -2.23. The van der Waals surface area contributed by atoms with E-state index in [-0.39, 0.29) is 12.5 Å². The summed E-state index contributed by atoms with van der Waals surface area (Å²) in [5, 5.41) is 0.998. The molecule has 0 saturated heterocycles. The number of fused-ring (bicyclic) bond motifs is 1. The Morgan fingerprint density at radius 1 is 1.14 bits per heavy atom. The van der Waals surface area contributed by atoms with Gasteiger partial charge in [-0.3, -0.25) is 9.78 Å². The number of carbonyl (C=O) groups is 1. The van der Waals surface area contributed by atoms with Crippen LogP contribution in [0.5, 0.6) is 5.75 Å². The van der Waals surface area contributed by atoms with E-state index in [1.54, 1.807) is 24.1 Å². The lowest BCUT2D eigenvalue weighted by atomic mass is 9.93. The van der Waals surface area contributed by atoms with Crippen molar-refractivity contribution in [3.8, 4) is 16.9 Å². The van der Waals surface area contributed by atoms with Gasteiger partial charge in [0.2, 0.25) is 0 Å². The van der Waals surface area contributed by atoms with Crippen molar-refractivity contribution in [3.05, 3.63) is 75.0 Å². The first-order valence-electron chi connectivity index (χ1n) is 9.08. The number of pyridine rings is 1. The van der Waals surface area contributed by atoms with Gasteiger partial charge in [-0.1, -0.05) is 29.3 Å². The Morgan fingerprint density at radius 3 is 2.48 bits per heavy atom. The average molecular weight is 428 g/mol. The van der Waals surface area contributed by atoms with E-state index in [2.05, 4.69) is 4.98 Å². The number of aromatic nitrogens is 1. The minimum Gasteiger partial charge on any atom is -0.497 e. The number of carbonyl (C=O) groups excluding carboxylic acids is 1. The van der Waals surface area contributed by atoms with Crippen LogP contribution in [0.4, 0.5) is 5.69 Å². The van der Waals surface area contributed by atoms with Gasteiger partial charge in [-0.05, 0) is 48.9 Å². The van der Waals surface area contributed by atoms with Gasteiger partial charge in [0.15, 0.2) is 0 Å². The molecular formula is C22H19Cl2N3O2. The third-order valence-electron chi connectivity index (χ3n) is 5.14. The van der Waals surface area contributed by atoms with Crippen molar-refractivity contribution in [2.45, 2.75) is 20.0 Å². The number of anilines is 1. The molecule has 1 aliphatic rings. The van der Waals surface area contributed by atoms with Gasteiger partial charge >= 0.3 is 0 Å². The number of aryl methyl sites for hydroxylation is 1. The van der Waals surface area contributed by atoms with Crippen LogP contribution >= 0.6 is 23.2 Å². The summed E-state index contributed by atoms with van der Waals surface area (Å²) in [4.78, 5) is 19.8. The topological polar surface area (TPSA) is 68.4 Å². The zero-order chi connectivity index (χ0) is 20.7. The summed E-state index contributed by atoms with van der Waals surface area (Å²) in [7, 11) is 1.61. The van der Waals surface area contributed by atoms with Gasteiger partial charge in [0, 0.05) is 39.1 Å². The molecule has 3 aromatic rings. The number of hydrogen-bond donors (Lipinski definition) is 1. The van der Waals surface area contributed by atoms with Crippen LogP contribution in [0.2, 0.25) is 10.0 Å². The smallest absolute Gasteiger partial charge is 0.261 e. The van der Waals surface area contributed by atoms with Gasteiger partial charge in [-0.25, -0.2) is 0 Å². The van der Waals surface area contributed by atoms with Crippen LogP contribution in [0, 0.1) is 6.92 Å². The zero-order valence-electron chi connectivity index (χ0n) is 16.0. The zero-order valence-corrected chi connectivity index (χ0v) is 17.5. The van der Waals surface area contributed by atoms with Crippen molar-refractivity contribution in [2.75, 3.05) is 12.0 Å². The van der Waals surface area contributed by atoms with E-state index < -0.39 is 0 Å². The second-order valence-electron chi connectivity index (χ2n) is 6.79. The Morgan fingerprint density at radius 2 is 1.86 bits per heavy atom. The van der Waals surface area contributed by atoms with Gasteiger partial charge in [0.1, 0.15) is 5.75 Å². The maximum atomic E-state index is 13.4. The molecule has 0 atom stereocenters. The molecule has 0 aliphatic carbocycles. The summed E-state index contributed by atoms with van der Waals surface area (Å²) < 4.78 is 5.21. The molecule has 1 aromatic heterocycles. The number of rotatable bonds is 4. The molecule has 1 amide bonds. The minimum atomic E-state index is -0.131. The first kappa shape index (κ1) is 19.7. The number of benzene rings is 2. The number of nitrogens with two attached hydrogens (primary N) is 1. The van der Waals surface area contributed by atoms with Crippen LogP contribution < -0.4 is 15.4 Å². The predicted molar refractivity (Wildman–Crippen MR) is 116 cm³/mol. The van der Waals surface area contributed by atoms with Crippen LogP contribution in [-0.4, -0.2) is 18.0 Å². The van der Waals surface area contributed by atoms with Crippen molar-refractivity contribution >= 4 is 34.8 Å². The van der Waals surface area contributed by atoms with Crippen LogP contribution in [0.15, 0.2) is 42.5 Å². The highest BCUT2D eigenvalue weighted by Crippen LogP contribution is 2.41. The number of hydrogen-bond acceptors (Lipinski definition) is 4.